The van der Waals surface area contributed by atoms with Gasteiger partial charge in [0.25, 0.3) is 0 Å². The lowest BCUT2D eigenvalue weighted by Crippen LogP contribution is -2.45. The van der Waals surface area contributed by atoms with E-state index in [1.807, 2.05) is 48.5 Å². The summed E-state index contributed by atoms with van der Waals surface area (Å²) in [5.74, 6) is 0.392. The number of benzene rings is 2. The van der Waals surface area contributed by atoms with Crippen molar-refractivity contribution in [3.63, 3.8) is 0 Å². The first-order valence-corrected chi connectivity index (χ1v) is 9.28. The highest BCUT2D eigenvalue weighted by Crippen LogP contribution is 2.34. The maximum atomic E-state index is 12.8. The summed E-state index contributed by atoms with van der Waals surface area (Å²) in [6.07, 6.45) is 3.40. The first-order chi connectivity index (χ1) is 12.2. The number of aliphatic hydroxyl groups is 1. The quantitative estimate of drug-likeness (QED) is 0.934. The zero-order valence-corrected chi connectivity index (χ0v) is 14.5. The van der Waals surface area contributed by atoms with Gasteiger partial charge in [-0.2, -0.15) is 0 Å². The van der Waals surface area contributed by atoms with E-state index >= 15 is 0 Å². The van der Waals surface area contributed by atoms with Gasteiger partial charge >= 0.3 is 0 Å². The van der Waals surface area contributed by atoms with Crippen molar-refractivity contribution < 1.29 is 9.90 Å². The average Bonchev–Trinajstić information content (AvgIpc) is 2.67. The molecule has 1 atom stereocenters. The number of likely N-dealkylation sites (tertiary alicyclic amines) is 1. The van der Waals surface area contributed by atoms with Crippen LogP contribution in [0.15, 0.2) is 54.6 Å². The van der Waals surface area contributed by atoms with Crippen LogP contribution in [0.5, 0.6) is 0 Å². The molecular weight excluding hydrogens is 310 g/mol. The van der Waals surface area contributed by atoms with E-state index in [0.29, 0.717) is 5.78 Å². The molecule has 1 fully saturated rings. The fraction of sp³-hybridized carbons (Fsp3) is 0.409. The highest BCUT2D eigenvalue weighted by molar-refractivity contribution is 6.00. The number of hydrogen-bond acceptors (Lipinski definition) is 3. The third-order valence-corrected chi connectivity index (χ3v) is 5.89. The standard InChI is InChI=1S/C22H25NO2/c24-21-18(11-10-17-6-4-5-9-20(17)21)16-23-14-12-22(25,13-15-23)19-7-2-1-3-8-19/h1-9,18,25H,10-16H2. The van der Waals surface area contributed by atoms with Crippen molar-refractivity contribution in [2.24, 2.45) is 5.92 Å². The second-order valence-corrected chi connectivity index (χ2v) is 7.46. The lowest BCUT2D eigenvalue weighted by molar-refractivity contribution is -0.0283. The van der Waals surface area contributed by atoms with E-state index in [4.69, 9.17) is 0 Å². The molecule has 1 aliphatic carbocycles. The molecule has 1 unspecified atom stereocenters. The molecular formula is C22H25NO2. The third-order valence-electron chi connectivity index (χ3n) is 5.89. The predicted octanol–water partition coefficient (Wildman–Crippen LogP) is 3.42. The minimum absolute atomic E-state index is 0.0952. The molecule has 1 heterocycles. The highest BCUT2D eigenvalue weighted by atomic mass is 16.3. The molecule has 25 heavy (non-hydrogen) atoms. The molecule has 130 valence electrons. The highest BCUT2D eigenvalue weighted by Gasteiger charge is 2.36. The first-order valence-electron chi connectivity index (χ1n) is 9.28. The number of piperidine rings is 1. The minimum atomic E-state index is -0.721. The van der Waals surface area contributed by atoms with Crippen LogP contribution in [0.1, 0.15) is 40.7 Å². The third kappa shape index (κ3) is 3.26. The second-order valence-electron chi connectivity index (χ2n) is 7.46. The molecule has 1 aliphatic heterocycles. The molecule has 2 aliphatic rings. The Morgan fingerprint density at radius 3 is 2.44 bits per heavy atom. The molecule has 2 aromatic carbocycles. The Bertz CT molecular complexity index is 748. The number of fused-ring (bicyclic) bond motifs is 1. The summed E-state index contributed by atoms with van der Waals surface area (Å²) >= 11 is 0. The van der Waals surface area contributed by atoms with Crippen molar-refractivity contribution in [1.82, 2.24) is 4.90 Å². The molecule has 4 rings (SSSR count). The summed E-state index contributed by atoms with van der Waals surface area (Å²) in [5.41, 5.74) is 2.40. The Labute approximate surface area is 149 Å². The fourth-order valence-corrected chi connectivity index (χ4v) is 4.29. The van der Waals surface area contributed by atoms with Gasteiger partial charge in [0.1, 0.15) is 0 Å². The lowest BCUT2D eigenvalue weighted by Gasteiger charge is -2.40. The summed E-state index contributed by atoms with van der Waals surface area (Å²) in [5, 5.41) is 11.0. The number of aryl methyl sites for hydroxylation is 1. The van der Waals surface area contributed by atoms with E-state index in [1.165, 1.54) is 5.56 Å². The number of ketones is 1. The topological polar surface area (TPSA) is 40.5 Å². The van der Waals surface area contributed by atoms with Gasteiger partial charge in [0.2, 0.25) is 0 Å². The van der Waals surface area contributed by atoms with Gasteiger partial charge in [-0.05, 0) is 36.8 Å². The van der Waals surface area contributed by atoms with Crippen molar-refractivity contribution in [3.05, 3.63) is 71.3 Å². The number of Topliss-reactive ketones (excluding diaryl/α,β-unsaturated/α-hetero) is 1. The van der Waals surface area contributed by atoms with Crippen LogP contribution in [0, 0.1) is 5.92 Å². The van der Waals surface area contributed by atoms with Gasteiger partial charge in [-0.15, -0.1) is 0 Å². The molecule has 2 aromatic rings. The molecule has 3 heteroatoms. The van der Waals surface area contributed by atoms with Gasteiger partial charge in [-0.3, -0.25) is 4.79 Å². The van der Waals surface area contributed by atoms with Crippen LogP contribution in [-0.2, 0) is 12.0 Å². The largest absolute Gasteiger partial charge is 0.385 e. The van der Waals surface area contributed by atoms with Crippen molar-refractivity contribution in [2.75, 3.05) is 19.6 Å². The van der Waals surface area contributed by atoms with Crippen molar-refractivity contribution in [2.45, 2.75) is 31.3 Å². The van der Waals surface area contributed by atoms with Crippen LogP contribution in [0.2, 0.25) is 0 Å². The zero-order chi connectivity index (χ0) is 17.3. The van der Waals surface area contributed by atoms with Gasteiger partial charge < -0.3 is 10.0 Å². The summed E-state index contributed by atoms with van der Waals surface area (Å²) in [6.45, 7) is 2.51. The smallest absolute Gasteiger partial charge is 0.167 e. The van der Waals surface area contributed by atoms with E-state index in [-0.39, 0.29) is 5.92 Å². The molecule has 3 nitrogen and oxygen atoms in total. The Morgan fingerprint density at radius 1 is 1.00 bits per heavy atom. The molecule has 0 bridgehead atoms. The van der Waals surface area contributed by atoms with Gasteiger partial charge in [0, 0.05) is 31.1 Å². The molecule has 0 amide bonds. The van der Waals surface area contributed by atoms with Crippen LogP contribution >= 0.6 is 0 Å². The van der Waals surface area contributed by atoms with E-state index in [2.05, 4.69) is 11.0 Å². The number of nitrogens with zero attached hydrogens (tertiary/aromatic N) is 1. The van der Waals surface area contributed by atoms with Gasteiger partial charge in [0.15, 0.2) is 5.78 Å². The summed E-state index contributed by atoms with van der Waals surface area (Å²) < 4.78 is 0. The first kappa shape index (κ1) is 16.5. The molecule has 0 spiro atoms. The van der Waals surface area contributed by atoms with Crippen LogP contribution in [0.4, 0.5) is 0 Å². The summed E-state index contributed by atoms with van der Waals surface area (Å²) in [7, 11) is 0. The monoisotopic (exact) mass is 335 g/mol. The zero-order valence-electron chi connectivity index (χ0n) is 14.5. The maximum Gasteiger partial charge on any atom is 0.167 e. The Balaban J connectivity index is 1.39. The Hall–Kier alpha value is -1.97. The number of carbonyl (C=O) groups is 1. The van der Waals surface area contributed by atoms with E-state index in [0.717, 1.165) is 56.4 Å². The molecule has 0 radical (unpaired) electrons. The Morgan fingerprint density at radius 2 is 1.68 bits per heavy atom. The van der Waals surface area contributed by atoms with Crippen LogP contribution < -0.4 is 0 Å². The van der Waals surface area contributed by atoms with Gasteiger partial charge in [-0.1, -0.05) is 54.6 Å². The number of hydrogen-bond donors (Lipinski definition) is 1. The molecule has 1 N–H and O–H groups in total. The van der Waals surface area contributed by atoms with Crippen molar-refractivity contribution >= 4 is 5.78 Å². The van der Waals surface area contributed by atoms with E-state index in [1.54, 1.807) is 0 Å². The summed E-state index contributed by atoms with van der Waals surface area (Å²) in [4.78, 5) is 15.1. The van der Waals surface area contributed by atoms with Gasteiger partial charge in [0.05, 0.1) is 5.60 Å². The predicted molar refractivity (Wildman–Crippen MR) is 98.6 cm³/mol. The maximum absolute atomic E-state index is 12.8. The van der Waals surface area contributed by atoms with Crippen molar-refractivity contribution in [3.8, 4) is 0 Å². The van der Waals surface area contributed by atoms with Crippen LogP contribution in [-0.4, -0.2) is 35.4 Å². The normalized spacial score (nSPS) is 23.2. The Kier molecular flexibility index (Phi) is 4.45. The average molecular weight is 335 g/mol. The van der Waals surface area contributed by atoms with Gasteiger partial charge in [-0.25, -0.2) is 0 Å². The minimum Gasteiger partial charge on any atom is -0.385 e. The SMILES string of the molecule is O=C1c2ccccc2CCC1CN1CCC(O)(c2ccccc2)CC1. The number of carbonyl (C=O) groups excluding carboxylic acids is 1. The van der Waals surface area contributed by atoms with Crippen LogP contribution in [0.3, 0.4) is 0 Å². The van der Waals surface area contributed by atoms with E-state index < -0.39 is 5.60 Å². The second kappa shape index (κ2) is 6.74. The summed E-state index contributed by atoms with van der Waals surface area (Å²) in [6, 6.07) is 18.0. The van der Waals surface area contributed by atoms with Crippen molar-refractivity contribution in [1.29, 1.82) is 0 Å². The molecule has 0 saturated carbocycles. The lowest BCUT2D eigenvalue weighted by atomic mass is 9.81. The number of rotatable bonds is 3. The molecule has 1 saturated heterocycles. The van der Waals surface area contributed by atoms with Crippen LogP contribution in [0.25, 0.3) is 0 Å². The fourth-order valence-electron chi connectivity index (χ4n) is 4.29. The van der Waals surface area contributed by atoms with E-state index in [9.17, 15) is 9.90 Å². The molecule has 0 aromatic heterocycles.